The zero-order chi connectivity index (χ0) is 22.4. The Morgan fingerprint density at radius 2 is 1.90 bits per heavy atom. The summed E-state index contributed by atoms with van der Waals surface area (Å²) in [5, 5.41) is 19.7. The van der Waals surface area contributed by atoms with Gasteiger partial charge in [-0.15, -0.1) is 0 Å². The van der Waals surface area contributed by atoms with Gasteiger partial charge < -0.3 is 19.8 Å². The lowest BCUT2D eigenvalue weighted by Crippen LogP contribution is -2.38. The van der Waals surface area contributed by atoms with E-state index in [0.717, 1.165) is 42.5 Å². The van der Waals surface area contributed by atoms with Gasteiger partial charge in [0.2, 0.25) is 5.91 Å². The standard InChI is InChI=1S/C25H31NO5/c1-3-4-5-9-22(27)17-10-12-20(13-11-17)26-21(14-15-23(26)28)24(31-2)18-7-6-8-19(16-18)25(29)30/h6-8,10-13,16,21-22,24,27H,3-5,9,14-15H2,1-2H3,(H,29,30)/t21?,22?,24-/m0/s1. The Hall–Kier alpha value is -2.70. The summed E-state index contributed by atoms with van der Waals surface area (Å²) < 4.78 is 5.75. The molecule has 0 spiro atoms. The van der Waals surface area contributed by atoms with E-state index in [-0.39, 0.29) is 17.5 Å². The maximum atomic E-state index is 12.7. The molecule has 166 valence electrons. The fourth-order valence-corrected chi connectivity index (χ4v) is 4.30. The highest BCUT2D eigenvalue weighted by molar-refractivity contribution is 5.96. The minimum atomic E-state index is -0.996. The van der Waals surface area contributed by atoms with Crippen molar-refractivity contribution in [2.75, 3.05) is 12.0 Å². The quantitative estimate of drug-likeness (QED) is 0.530. The summed E-state index contributed by atoms with van der Waals surface area (Å²) in [5.74, 6) is -0.984. The van der Waals surface area contributed by atoms with Crippen LogP contribution in [-0.4, -0.2) is 35.2 Å². The number of carbonyl (C=O) groups is 2. The SMILES string of the molecule is CCCCCC(O)c1ccc(N2C(=O)CCC2[C@@H](OC)c2cccc(C(=O)O)c2)cc1. The third-order valence-electron chi connectivity index (χ3n) is 5.96. The number of carboxylic acid groups (broad SMARTS) is 1. The number of methoxy groups -OCH3 is 1. The van der Waals surface area contributed by atoms with Crippen LogP contribution in [0.25, 0.3) is 0 Å². The van der Waals surface area contributed by atoms with Crippen molar-refractivity contribution in [3.8, 4) is 0 Å². The molecule has 0 bridgehead atoms. The van der Waals surface area contributed by atoms with E-state index in [1.807, 2.05) is 30.3 Å². The summed E-state index contributed by atoms with van der Waals surface area (Å²) in [5.41, 5.74) is 2.53. The minimum absolute atomic E-state index is 0.0117. The van der Waals surface area contributed by atoms with E-state index in [0.29, 0.717) is 12.8 Å². The summed E-state index contributed by atoms with van der Waals surface area (Å²) in [6, 6.07) is 13.9. The van der Waals surface area contributed by atoms with Gasteiger partial charge in [0.15, 0.2) is 0 Å². The number of benzene rings is 2. The summed E-state index contributed by atoms with van der Waals surface area (Å²) in [7, 11) is 1.58. The van der Waals surface area contributed by atoms with Crippen LogP contribution in [0.5, 0.6) is 0 Å². The van der Waals surface area contributed by atoms with E-state index >= 15 is 0 Å². The molecule has 1 amide bonds. The number of aliphatic hydroxyl groups is 1. The second kappa shape index (κ2) is 10.6. The van der Waals surface area contributed by atoms with Gasteiger partial charge >= 0.3 is 5.97 Å². The Morgan fingerprint density at radius 3 is 2.55 bits per heavy atom. The average molecular weight is 426 g/mol. The lowest BCUT2D eigenvalue weighted by Gasteiger charge is -2.31. The van der Waals surface area contributed by atoms with Gasteiger partial charge in [-0.1, -0.05) is 50.5 Å². The van der Waals surface area contributed by atoms with Crippen molar-refractivity contribution >= 4 is 17.6 Å². The maximum Gasteiger partial charge on any atom is 0.335 e. The molecule has 6 nitrogen and oxygen atoms in total. The molecule has 3 rings (SSSR count). The number of carbonyl (C=O) groups excluding carboxylic acids is 1. The number of aliphatic hydroxyl groups excluding tert-OH is 1. The van der Waals surface area contributed by atoms with Crippen molar-refractivity contribution in [1.82, 2.24) is 0 Å². The maximum absolute atomic E-state index is 12.7. The average Bonchev–Trinajstić information content (AvgIpc) is 3.15. The molecule has 0 aliphatic carbocycles. The third kappa shape index (κ3) is 5.32. The Balaban J connectivity index is 1.82. The molecule has 1 fully saturated rings. The Kier molecular flexibility index (Phi) is 7.82. The van der Waals surface area contributed by atoms with E-state index < -0.39 is 18.2 Å². The first-order valence-electron chi connectivity index (χ1n) is 10.9. The second-order valence-corrected chi connectivity index (χ2v) is 8.06. The van der Waals surface area contributed by atoms with Gasteiger partial charge in [0, 0.05) is 19.2 Å². The number of nitrogens with zero attached hydrogens (tertiary/aromatic N) is 1. The molecule has 3 atom stereocenters. The number of hydrogen-bond acceptors (Lipinski definition) is 4. The molecule has 2 aromatic rings. The zero-order valence-corrected chi connectivity index (χ0v) is 18.2. The van der Waals surface area contributed by atoms with Gasteiger partial charge in [-0.25, -0.2) is 4.79 Å². The first kappa shape index (κ1) is 23.0. The Labute approximate surface area is 183 Å². The van der Waals surface area contributed by atoms with Crippen molar-refractivity contribution in [1.29, 1.82) is 0 Å². The van der Waals surface area contributed by atoms with Gasteiger partial charge in [-0.2, -0.15) is 0 Å². The molecule has 0 aromatic heterocycles. The van der Waals surface area contributed by atoms with Crippen LogP contribution in [0.3, 0.4) is 0 Å². The van der Waals surface area contributed by atoms with Crippen molar-refractivity contribution in [3.05, 3.63) is 65.2 Å². The normalized spacial score (nSPS) is 18.2. The van der Waals surface area contributed by atoms with Gasteiger partial charge in [-0.05, 0) is 48.2 Å². The fraction of sp³-hybridized carbons (Fsp3) is 0.440. The van der Waals surface area contributed by atoms with Gasteiger partial charge in [0.25, 0.3) is 0 Å². The predicted molar refractivity (Wildman–Crippen MR) is 119 cm³/mol. The van der Waals surface area contributed by atoms with Gasteiger partial charge in [0.1, 0.15) is 6.10 Å². The van der Waals surface area contributed by atoms with E-state index in [4.69, 9.17) is 4.74 Å². The first-order valence-corrected chi connectivity index (χ1v) is 10.9. The van der Waals surface area contributed by atoms with Crippen LogP contribution < -0.4 is 4.90 Å². The van der Waals surface area contributed by atoms with E-state index in [9.17, 15) is 19.8 Å². The summed E-state index contributed by atoms with van der Waals surface area (Å²) >= 11 is 0. The highest BCUT2D eigenvalue weighted by atomic mass is 16.5. The number of amides is 1. The number of aromatic carboxylic acids is 1. The molecule has 2 N–H and O–H groups in total. The summed E-state index contributed by atoms with van der Waals surface area (Å²) in [6.07, 6.45) is 4.00. The topological polar surface area (TPSA) is 87.1 Å². The first-order chi connectivity index (χ1) is 15.0. The summed E-state index contributed by atoms with van der Waals surface area (Å²) in [6.45, 7) is 2.13. The van der Waals surface area contributed by atoms with Crippen LogP contribution >= 0.6 is 0 Å². The predicted octanol–water partition coefficient (Wildman–Crippen LogP) is 4.88. The van der Waals surface area contributed by atoms with E-state index in [2.05, 4.69) is 6.92 Å². The molecule has 1 saturated heterocycles. The molecule has 2 aromatic carbocycles. The molecule has 2 unspecified atom stereocenters. The van der Waals surface area contributed by atoms with Crippen LogP contribution in [-0.2, 0) is 9.53 Å². The molecular formula is C25H31NO5. The van der Waals surface area contributed by atoms with Crippen LogP contribution in [0, 0.1) is 0 Å². The molecule has 0 saturated carbocycles. The number of rotatable bonds is 10. The second-order valence-electron chi connectivity index (χ2n) is 8.06. The van der Waals surface area contributed by atoms with E-state index in [1.54, 1.807) is 30.2 Å². The van der Waals surface area contributed by atoms with Crippen LogP contribution in [0.4, 0.5) is 5.69 Å². The number of hydrogen-bond donors (Lipinski definition) is 2. The van der Waals surface area contributed by atoms with Gasteiger partial charge in [0.05, 0.1) is 17.7 Å². The molecule has 1 heterocycles. The van der Waals surface area contributed by atoms with Crippen molar-refractivity contribution in [2.45, 2.75) is 63.7 Å². The minimum Gasteiger partial charge on any atom is -0.478 e. The van der Waals surface area contributed by atoms with Crippen LogP contribution in [0.15, 0.2) is 48.5 Å². The lowest BCUT2D eigenvalue weighted by molar-refractivity contribution is -0.117. The number of ether oxygens (including phenoxy) is 1. The monoisotopic (exact) mass is 425 g/mol. The number of unbranched alkanes of at least 4 members (excludes halogenated alkanes) is 2. The van der Waals surface area contributed by atoms with Gasteiger partial charge in [-0.3, -0.25) is 4.79 Å². The molecule has 0 radical (unpaired) electrons. The largest absolute Gasteiger partial charge is 0.478 e. The summed E-state index contributed by atoms with van der Waals surface area (Å²) in [4.78, 5) is 25.8. The van der Waals surface area contributed by atoms with Crippen LogP contribution in [0.2, 0.25) is 0 Å². The van der Waals surface area contributed by atoms with Crippen molar-refractivity contribution in [2.24, 2.45) is 0 Å². The Morgan fingerprint density at radius 1 is 1.16 bits per heavy atom. The lowest BCUT2D eigenvalue weighted by atomic mass is 9.97. The fourth-order valence-electron chi connectivity index (χ4n) is 4.30. The zero-order valence-electron chi connectivity index (χ0n) is 18.2. The molecule has 31 heavy (non-hydrogen) atoms. The van der Waals surface area contributed by atoms with Crippen LogP contribution in [0.1, 0.15) is 79.1 Å². The highest BCUT2D eigenvalue weighted by Crippen LogP contribution is 2.36. The molecule has 6 heteroatoms. The Bertz CT molecular complexity index is 895. The smallest absolute Gasteiger partial charge is 0.335 e. The highest BCUT2D eigenvalue weighted by Gasteiger charge is 2.38. The van der Waals surface area contributed by atoms with Crippen molar-refractivity contribution in [3.63, 3.8) is 0 Å². The van der Waals surface area contributed by atoms with Crippen molar-refractivity contribution < 1.29 is 24.5 Å². The van der Waals surface area contributed by atoms with E-state index in [1.165, 1.54) is 0 Å². The molecule has 1 aliphatic heterocycles. The number of carboxylic acids is 1. The number of anilines is 1. The third-order valence-corrected chi connectivity index (χ3v) is 5.96. The molecular weight excluding hydrogens is 394 g/mol. The molecule has 1 aliphatic rings.